The van der Waals surface area contributed by atoms with E-state index in [0.717, 1.165) is 12.8 Å². The fourth-order valence-corrected chi connectivity index (χ4v) is 0.999. The topological polar surface area (TPSA) is 43.1 Å². The van der Waals surface area contributed by atoms with Crippen LogP contribution < -0.4 is 5.73 Å². The molecule has 0 unspecified atom stereocenters. The molecule has 0 aromatic carbocycles. The molecule has 0 heterocycles. The van der Waals surface area contributed by atoms with Gasteiger partial charge in [0.1, 0.15) is 5.78 Å². The summed E-state index contributed by atoms with van der Waals surface area (Å²) >= 11 is 0. The average Bonchev–Trinajstić information content (AvgIpc) is 2.35. The number of nitrogens with two attached hydrogens (primary N) is 1. The molecule has 2 heteroatoms. The van der Waals surface area contributed by atoms with Crippen LogP contribution >= 0.6 is 0 Å². The van der Waals surface area contributed by atoms with Gasteiger partial charge in [-0.1, -0.05) is 0 Å². The van der Waals surface area contributed by atoms with Crippen molar-refractivity contribution in [1.29, 1.82) is 0 Å². The van der Waals surface area contributed by atoms with Gasteiger partial charge in [0.2, 0.25) is 0 Å². The van der Waals surface area contributed by atoms with Gasteiger partial charge in [-0.15, -0.1) is 0 Å². The lowest BCUT2D eigenvalue weighted by molar-refractivity contribution is -0.121. The molecule has 1 rings (SSSR count). The van der Waals surface area contributed by atoms with Gasteiger partial charge in [0, 0.05) is 17.9 Å². The predicted molar refractivity (Wildman–Crippen MR) is 40.6 cm³/mol. The molecule has 2 nitrogen and oxygen atoms in total. The second-order valence-electron chi connectivity index (χ2n) is 3.91. The van der Waals surface area contributed by atoms with Crippen molar-refractivity contribution < 1.29 is 4.79 Å². The monoisotopic (exact) mass is 141 g/mol. The highest BCUT2D eigenvalue weighted by Crippen LogP contribution is 2.32. The molecule has 0 aromatic heterocycles. The number of hydrogen-bond acceptors (Lipinski definition) is 2. The molecule has 1 fully saturated rings. The zero-order chi connectivity index (χ0) is 7.78. The third-order valence-corrected chi connectivity index (χ3v) is 1.66. The molecule has 0 spiro atoms. The second-order valence-corrected chi connectivity index (χ2v) is 3.91. The molecule has 0 aliphatic heterocycles. The van der Waals surface area contributed by atoms with Gasteiger partial charge in [0.15, 0.2) is 0 Å². The summed E-state index contributed by atoms with van der Waals surface area (Å²) < 4.78 is 0. The Morgan fingerprint density at radius 2 is 2.10 bits per heavy atom. The number of carbonyl (C=O) groups is 1. The van der Waals surface area contributed by atoms with Crippen LogP contribution in [0.3, 0.4) is 0 Å². The minimum Gasteiger partial charge on any atom is -0.325 e. The molecule has 0 saturated heterocycles. The Balaban J connectivity index is 2.30. The van der Waals surface area contributed by atoms with Crippen LogP contribution in [0.4, 0.5) is 0 Å². The Morgan fingerprint density at radius 3 is 2.40 bits per heavy atom. The normalized spacial score (nSPS) is 19.1. The Morgan fingerprint density at radius 1 is 1.60 bits per heavy atom. The molecule has 58 valence electrons. The van der Waals surface area contributed by atoms with Crippen LogP contribution in [0.15, 0.2) is 0 Å². The molecule has 1 saturated carbocycles. The van der Waals surface area contributed by atoms with Gasteiger partial charge in [-0.05, 0) is 26.7 Å². The van der Waals surface area contributed by atoms with Crippen LogP contribution in [-0.4, -0.2) is 11.3 Å². The van der Waals surface area contributed by atoms with Gasteiger partial charge < -0.3 is 5.73 Å². The Kier molecular flexibility index (Phi) is 1.82. The highest BCUT2D eigenvalue weighted by molar-refractivity contribution is 5.84. The summed E-state index contributed by atoms with van der Waals surface area (Å²) in [5, 5.41) is 0. The van der Waals surface area contributed by atoms with Crippen LogP contribution in [0.1, 0.15) is 33.1 Å². The van der Waals surface area contributed by atoms with Crippen molar-refractivity contribution in [2.45, 2.75) is 38.6 Å². The van der Waals surface area contributed by atoms with E-state index in [1.165, 1.54) is 0 Å². The van der Waals surface area contributed by atoms with E-state index >= 15 is 0 Å². The summed E-state index contributed by atoms with van der Waals surface area (Å²) in [7, 11) is 0. The summed E-state index contributed by atoms with van der Waals surface area (Å²) in [6, 6.07) is 0. The van der Waals surface area contributed by atoms with E-state index < -0.39 is 0 Å². The molecular formula is C8H15NO. The van der Waals surface area contributed by atoms with Gasteiger partial charge in [0.05, 0.1) is 0 Å². The molecule has 0 bridgehead atoms. The first-order valence-electron chi connectivity index (χ1n) is 3.81. The van der Waals surface area contributed by atoms with Gasteiger partial charge in [-0.25, -0.2) is 0 Å². The van der Waals surface area contributed by atoms with Crippen molar-refractivity contribution in [3.63, 3.8) is 0 Å². The van der Waals surface area contributed by atoms with E-state index in [1.54, 1.807) is 0 Å². The lowest BCUT2D eigenvalue weighted by atomic mass is 9.97. The van der Waals surface area contributed by atoms with E-state index in [9.17, 15) is 4.79 Å². The Labute approximate surface area is 61.8 Å². The lowest BCUT2D eigenvalue weighted by Crippen LogP contribution is -2.35. The molecule has 2 N–H and O–H groups in total. The van der Waals surface area contributed by atoms with E-state index in [-0.39, 0.29) is 5.54 Å². The third-order valence-electron chi connectivity index (χ3n) is 1.66. The Hall–Kier alpha value is -0.370. The molecule has 0 radical (unpaired) electrons. The maximum atomic E-state index is 11.1. The minimum atomic E-state index is -0.306. The lowest BCUT2D eigenvalue weighted by Gasteiger charge is -2.16. The molecule has 0 amide bonds. The standard InChI is InChI=1S/C8H15NO/c1-8(2,9)5-7(10)6-3-4-6/h6H,3-5,9H2,1-2H3. The van der Waals surface area contributed by atoms with Crippen LogP contribution in [-0.2, 0) is 4.79 Å². The largest absolute Gasteiger partial charge is 0.325 e. The van der Waals surface area contributed by atoms with Crippen molar-refractivity contribution >= 4 is 5.78 Å². The fraction of sp³-hybridized carbons (Fsp3) is 0.875. The zero-order valence-electron chi connectivity index (χ0n) is 6.68. The first kappa shape index (κ1) is 7.73. The predicted octanol–water partition coefficient (Wildman–Crippen LogP) is 1.09. The van der Waals surface area contributed by atoms with Crippen LogP contribution in [0, 0.1) is 5.92 Å². The molecule has 1 aliphatic carbocycles. The highest BCUT2D eigenvalue weighted by Gasteiger charge is 2.31. The van der Waals surface area contributed by atoms with Gasteiger partial charge in [0.25, 0.3) is 0 Å². The van der Waals surface area contributed by atoms with Crippen molar-refractivity contribution in [2.24, 2.45) is 11.7 Å². The van der Waals surface area contributed by atoms with Crippen molar-refractivity contribution in [2.75, 3.05) is 0 Å². The maximum Gasteiger partial charge on any atom is 0.137 e. The molecule has 0 atom stereocenters. The first-order chi connectivity index (χ1) is 4.49. The third kappa shape index (κ3) is 2.48. The van der Waals surface area contributed by atoms with Crippen molar-refractivity contribution in [3.05, 3.63) is 0 Å². The molecule has 10 heavy (non-hydrogen) atoms. The quantitative estimate of drug-likeness (QED) is 0.639. The number of rotatable bonds is 3. The minimum absolute atomic E-state index is 0.306. The fourth-order valence-electron chi connectivity index (χ4n) is 0.999. The van der Waals surface area contributed by atoms with E-state index in [0.29, 0.717) is 18.1 Å². The Bertz CT molecular complexity index is 142. The summed E-state index contributed by atoms with van der Waals surface area (Å²) in [5.41, 5.74) is 5.38. The summed E-state index contributed by atoms with van der Waals surface area (Å²) in [6.45, 7) is 3.79. The SMILES string of the molecule is CC(C)(N)CC(=O)C1CC1. The van der Waals surface area contributed by atoms with Crippen molar-refractivity contribution in [1.82, 2.24) is 0 Å². The summed E-state index contributed by atoms with van der Waals surface area (Å²) in [4.78, 5) is 11.1. The molecule has 0 aromatic rings. The van der Waals surface area contributed by atoms with Crippen LogP contribution in [0.5, 0.6) is 0 Å². The number of hydrogen-bond donors (Lipinski definition) is 1. The molecule has 1 aliphatic rings. The number of carbonyl (C=O) groups excluding carboxylic acids is 1. The van der Waals surface area contributed by atoms with E-state index in [2.05, 4.69) is 0 Å². The average molecular weight is 141 g/mol. The summed E-state index contributed by atoms with van der Waals surface area (Å²) in [6.07, 6.45) is 2.72. The number of Topliss-reactive ketones (excluding diaryl/α,β-unsaturated/α-hetero) is 1. The van der Waals surface area contributed by atoms with E-state index in [4.69, 9.17) is 5.73 Å². The first-order valence-corrected chi connectivity index (χ1v) is 3.81. The maximum absolute atomic E-state index is 11.1. The van der Waals surface area contributed by atoms with Crippen LogP contribution in [0.2, 0.25) is 0 Å². The number of ketones is 1. The zero-order valence-corrected chi connectivity index (χ0v) is 6.68. The highest BCUT2D eigenvalue weighted by atomic mass is 16.1. The summed E-state index contributed by atoms with van der Waals surface area (Å²) in [5.74, 6) is 0.718. The van der Waals surface area contributed by atoms with Crippen LogP contribution in [0.25, 0.3) is 0 Å². The van der Waals surface area contributed by atoms with E-state index in [1.807, 2.05) is 13.8 Å². The van der Waals surface area contributed by atoms with Gasteiger partial charge in [-0.2, -0.15) is 0 Å². The second kappa shape index (κ2) is 2.35. The van der Waals surface area contributed by atoms with Gasteiger partial charge in [-0.3, -0.25) is 4.79 Å². The smallest absolute Gasteiger partial charge is 0.137 e. The molecular weight excluding hydrogens is 126 g/mol. The van der Waals surface area contributed by atoms with Gasteiger partial charge >= 0.3 is 0 Å². The van der Waals surface area contributed by atoms with Crippen molar-refractivity contribution in [3.8, 4) is 0 Å².